The largest absolute Gasteiger partial charge is 0.495 e. The van der Waals surface area contributed by atoms with Crippen LogP contribution in [-0.2, 0) is 22.2 Å². The highest BCUT2D eigenvalue weighted by atomic mass is 19.1. The van der Waals surface area contributed by atoms with Gasteiger partial charge in [0.15, 0.2) is 0 Å². The van der Waals surface area contributed by atoms with Crippen molar-refractivity contribution in [2.24, 2.45) is 7.05 Å². The lowest BCUT2D eigenvalue weighted by Crippen LogP contribution is -2.45. The molecule has 188 valence electrons. The summed E-state index contributed by atoms with van der Waals surface area (Å²) in [6.07, 6.45) is 2.98. The van der Waals surface area contributed by atoms with E-state index in [1.165, 1.54) is 23.8 Å². The number of amides is 1. The summed E-state index contributed by atoms with van der Waals surface area (Å²) >= 11 is 0. The van der Waals surface area contributed by atoms with Gasteiger partial charge in [0, 0.05) is 44.1 Å². The van der Waals surface area contributed by atoms with Crippen molar-refractivity contribution in [3.8, 4) is 17.0 Å². The van der Waals surface area contributed by atoms with E-state index >= 15 is 4.39 Å². The zero-order valence-electron chi connectivity index (χ0n) is 20.8. The fourth-order valence-electron chi connectivity index (χ4n) is 4.25. The van der Waals surface area contributed by atoms with Crippen LogP contribution < -0.4 is 4.74 Å². The zero-order valence-corrected chi connectivity index (χ0v) is 20.8. The number of hydrogen-bond acceptors (Lipinski definition) is 7. The Morgan fingerprint density at radius 1 is 1.14 bits per heavy atom. The van der Waals surface area contributed by atoms with E-state index in [2.05, 4.69) is 10.2 Å². The maximum Gasteiger partial charge on any atom is 0.410 e. The number of esters is 1. The minimum atomic E-state index is -1.71. The quantitative estimate of drug-likeness (QED) is 0.517. The second kappa shape index (κ2) is 8.86. The predicted molar refractivity (Wildman–Crippen MR) is 125 cm³/mol. The van der Waals surface area contributed by atoms with Crippen LogP contribution in [0.1, 0.15) is 49.7 Å². The summed E-state index contributed by atoms with van der Waals surface area (Å²) in [4.78, 5) is 26.0. The summed E-state index contributed by atoms with van der Waals surface area (Å²) in [5, 5.41) is 8.78. The molecule has 0 unspecified atom stereocenters. The van der Waals surface area contributed by atoms with Gasteiger partial charge in [0.1, 0.15) is 22.7 Å². The van der Waals surface area contributed by atoms with Gasteiger partial charge >= 0.3 is 12.1 Å². The Bertz CT molecular complexity index is 1270. The first-order valence-corrected chi connectivity index (χ1v) is 11.3. The minimum Gasteiger partial charge on any atom is -0.495 e. The fraction of sp³-hybridized carbons (Fsp3) is 0.500. The van der Waals surface area contributed by atoms with E-state index in [0.717, 1.165) is 0 Å². The van der Waals surface area contributed by atoms with Crippen LogP contribution in [0.3, 0.4) is 0 Å². The highest BCUT2D eigenvalue weighted by Gasteiger charge is 2.41. The van der Waals surface area contributed by atoms with E-state index in [0.29, 0.717) is 28.1 Å². The van der Waals surface area contributed by atoms with Crippen molar-refractivity contribution >= 4 is 17.6 Å². The average molecular weight is 488 g/mol. The number of alkyl halides is 1. The van der Waals surface area contributed by atoms with Gasteiger partial charge in [0.2, 0.25) is 0 Å². The lowest BCUT2D eigenvalue weighted by Gasteiger charge is -2.37. The van der Waals surface area contributed by atoms with Gasteiger partial charge in [-0.05, 0) is 32.9 Å². The summed E-state index contributed by atoms with van der Waals surface area (Å²) in [7, 11) is 4.43. The van der Waals surface area contributed by atoms with E-state index in [-0.39, 0.29) is 31.6 Å². The van der Waals surface area contributed by atoms with Gasteiger partial charge in [-0.1, -0.05) is 0 Å². The Morgan fingerprint density at radius 2 is 1.83 bits per heavy atom. The summed E-state index contributed by atoms with van der Waals surface area (Å²) in [5.41, 5.74) is 0.0825. The number of fused-ring (bicyclic) bond motifs is 1. The molecule has 1 aliphatic heterocycles. The van der Waals surface area contributed by atoms with Crippen LogP contribution in [0, 0.1) is 0 Å². The summed E-state index contributed by atoms with van der Waals surface area (Å²) < 4.78 is 35.1. The highest BCUT2D eigenvalue weighted by Crippen LogP contribution is 2.43. The predicted octanol–water partition coefficient (Wildman–Crippen LogP) is 3.73. The molecule has 4 rings (SSSR count). The third kappa shape index (κ3) is 4.67. The number of halogens is 1. The number of hydrogen-bond donors (Lipinski definition) is 0. The third-order valence-electron chi connectivity index (χ3n) is 6.08. The minimum absolute atomic E-state index is 0.0956. The van der Waals surface area contributed by atoms with Gasteiger partial charge in [-0.25, -0.2) is 18.5 Å². The molecule has 0 saturated carbocycles. The molecule has 10 nitrogen and oxygen atoms in total. The van der Waals surface area contributed by atoms with Crippen molar-refractivity contribution in [3.63, 3.8) is 0 Å². The number of rotatable bonds is 4. The van der Waals surface area contributed by atoms with Crippen LogP contribution in [0.4, 0.5) is 9.18 Å². The van der Waals surface area contributed by atoms with Crippen LogP contribution in [0.5, 0.6) is 5.75 Å². The lowest BCUT2D eigenvalue weighted by molar-refractivity contribution is 0.00176. The number of aryl methyl sites for hydroxylation is 1. The molecule has 0 radical (unpaired) electrons. The number of methoxy groups -OCH3 is 2. The molecular weight excluding hydrogens is 457 g/mol. The highest BCUT2D eigenvalue weighted by molar-refractivity contribution is 5.90. The summed E-state index contributed by atoms with van der Waals surface area (Å²) in [6, 6.07) is 3.31. The molecule has 1 amide bonds. The van der Waals surface area contributed by atoms with Gasteiger partial charge in [0.25, 0.3) is 0 Å². The van der Waals surface area contributed by atoms with Crippen LogP contribution in [-0.4, -0.2) is 69.3 Å². The Kier molecular flexibility index (Phi) is 6.20. The monoisotopic (exact) mass is 487 g/mol. The first kappa shape index (κ1) is 24.5. The van der Waals surface area contributed by atoms with Gasteiger partial charge in [-0.3, -0.25) is 4.68 Å². The number of piperidine rings is 1. The molecule has 1 saturated heterocycles. The van der Waals surface area contributed by atoms with Crippen LogP contribution in [0.15, 0.2) is 24.5 Å². The maximum atomic E-state index is 16.3. The van der Waals surface area contributed by atoms with Crippen LogP contribution in [0.25, 0.3) is 16.8 Å². The topological polar surface area (TPSA) is 100 Å². The second-order valence-corrected chi connectivity index (χ2v) is 9.61. The van der Waals surface area contributed by atoms with E-state index in [9.17, 15) is 9.59 Å². The van der Waals surface area contributed by atoms with Crippen LogP contribution in [0.2, 0.25) is 0 Å². The van der Waals surface area contributed by atoms with Crippen molar-refractivity contribution < 1.29 is 28.2 Å². The van der Waals surface area contributed by atoms with Crippen molar-refractivity contribution in [2.75, 3.05) is 27.3 Å². The average Bonchev–Trinajstić information content (AvgIpc) is 3.39. The third-order valence-corrected chi connectivity index (χ3v) is 6.08. The Labute approximate surface area is 202 Å². The molecule has 4 heterocycles. The molecule has 0 N–H and O–H groups in total. The standard InChI is InChI=1S/C24H30FN5O5/c1-23(2,3)35-22(32)29-9-7-24(25,8-10-29)16-11-18-15(13-26-30(18)14-20(16)33-5)17-12-19(21(31)34-6)28(4)27-17/h11-14H,7-10H2,1-6H3. The number of ether oxygens (including phenoxy) is 3. The maximum absolute atomic E-state index is 16.3. The molecule has 0 aromatic carbocycles. The van der Waals surface area contributed by atoms with Gasteiger partial charge in [-0.15, -0.1) is 0 Å². The number of nitrogens with zero attached hydrogens (tertiary/aromatic N) is 5. The molecule has 0 atom stereocenters. The number of carbonyl (C=O) groups is 2. The number of aromatic nitrogens is 4. The normalized spacial score (nSPS) is 15.8. The van der Waals surface area contributed by atoms with E-state index < -0.39 is 23.3 Å². The van der Waals surface area contributed by atoms with Crippen molar-refractivity contribution in [2.45, 2.75) is 44.9 Å². The van der Waals surface area contributed by atoms with Crippen molar-refractivity contribution in [1.29, 1.82) is 0 Å². The SMILES string of the molecule is COC(=O)c1cc(-c2cnn3cc(OC)c(C4(F)CCN(C(=O)OC(C)(C)C)CC4)cc23)nn1C. The van der Waals surface area contributed by atoms with E-state index in [1.807, 2.05) is 0 Å². The smallest absolute Gasteiger partial charge is 0.410 e. The molecule has 35 heavy (non-hydrogen) atoms. The molecule has 3 aromatic rings. The number of carbonyl (C=O) groups excluding carboxylic acids is 2. The molecule has 0 aliphatic carbocycles. The second-order valence-electron chi connectivity index (χ2n) is 9.61. The van der Waals surface area contributed by atoms with E-state index in [4.69, 9.17) is 14.2 Å². The van der Waals surface area contributed by atoms with Crippen molar-refractivity contribution in [3.05, 3.63) is 35.8 Å². The summed E-state index contributed by atoms with van der Waals surface area (Å²) in [5.74, 6) is -0.152. The number of likely N-dealkylation sites (tertiary alicyclic amines) is 1. The molecule has 1 aliphatic rings. The van der Waals surface area contributed by atoms with Gasteiger partial charge in [-0.2, -0.15) is 10.2 Å². The molecule has 3 aromatic heterocycles. The molecule has 11 heteroatoms. The van der Waals surface area contributed by atoms with E-state index in [1.54, 1.807) is 56.9 Å². The molecule has 0 bridgehead atoms. The van der Waals surface area contributed by atoms with Gasteiger partial charge < -0.3 is 19.1 Å². The van der Waals surface area contributed by atoms with Crippen molar-refractivity contribution in [1.82, 2.24) is 24.3 Å². The van der Waals surface area contributed by atoms with Gasteiger partial charge in [0.05, 0.1) is 37.8 Å². The molecular formula is C24H30FN5O5. The summed E-state index contributed by atoms with van der Waals surface area (Å²) in [6.45, 7) is 5.83. The first-order valence-electron chi connectivity index (χ1n) is 11.3. The molecule has 0 spiro atoms. The Hall–Kier alpha value is -3.63. The lowest BCUT2D eigenvalue weighted by atomic mass is 9.85. The zero-order chi connectivity index (χ0) is 25.5. The fourth-order valence-corrected chi connectivity index (χ4v) is 4.25. The number of pyridine rings is 1. The Morgan fingerprint density at radius 3 is 2.43 bits per heavy atom. The first-order chi connectivity index (χ1) is 16.5. The molecule has 1 fully saturated rings. The Balaban J connectivity index is 1.67. The van der Waals surface area contributed by atoms with Crippen LogP contribution >= 0.6 is 0 Å².